The Morgan fingerprint density at radius 3 is 2.28 bits per heavy atom. The predicted octanol–water partition coefficient (Wildman–Crippen LogP) is 5.20. The van der Waals surface area contributed by atoms with Gasteiger partial charge in [-0.3, -0.25) is 4.90 Å². The minimum absolute atomic E-state index is 0.0220. The standard InChI is InChI=1S/C30H45N5O4/c1-29(2,3)38-27(36)34-13-9-12-24(20-34)26-25(21-35(31-26)28(37)39-30(4,5)6)23-11-8-10-22(18-23)19-33-16-14-32(7)15-17-33/h8,10-11,18,21,24H,9,12-17,19-20H2,1-7H3/t24-/m1/s1. The van der Waals surface area contributed by atoms with E-state index < -0.39 is 17.3 Å². The average Bonchev–Trinajstić information content (AvgIpc) is 3.30. The Bertz CT molecular complexity index is 1150. The molecule has 9 heteroatoms. The molecule has 2 saturated heterocycles. The average molecular weight is 540 g/mol. The third kappa shape index (κ3) is 8.05. The summed E-state index contributed by atoms with van der Waals surface area (Å²) in [7, 11) is 2.16. The van der Waals surface area contributed by atoms with Crippen LogP contribution >= 0.6 is 0 Å². The molecule has 1 aromatic heterocycles. The molecule has 2 aliphatic heterocycles. The highest BCUT2D eigenvalue weighted by Gasteiger charge is 2.32. The van der Waals surface area contributed by atoms with E-state index in [1.54, 1.807) is 11.1 Å². The van der Waals surface area contributed by atoms with Gasteiger partial charge in [0.25, 0.3) is 0 Å². The Morgan fingerprint density at radius 2 is 1.62 bits per heavy atom. The van der Waals surface area contributed by atoms with Gasteiger partial charge in [-0.1, -0.05) is 18.2 Å². The summed E-state index contributed by atoms with van der Waals surface area (Å²) in [6.45, 7) is 17.4. The van der Waals surface area contributed by atoms with Crippen LogP contribution in [0.5, 0.6) is 0 Å². The maximum Gasteiger partial charge on any atom is 0.435 e. The number of benzene rings is 1. The van der Waals surface area contributed by atoms with Crippen LogP contribution in [0.2, 0.25) is 0 Å². The quantitative estimate of drug-likeness (QED) is 0.529. The summed E-state index contributed by atoms with van der Waals surface area (Å²) in [5, 5.41) is 4.76. The fourth-order valence-corrected chi connectivity index (χ4v) is 5.11. The van der Waals surface area contributed by atoms with Crippen molar-refractivity contribution in [2.75, 3.05) is 46.3 Å². The lowest BCUT2D eigenvalue weighted by Crippen LogP contribution is -2.43. The molecule has 39 heavy (non-hydrogen) atoms. The SMILES string of the molecule is CN1CCN(Cc2cccc(-c3cn(C(=O)OC(C)(C)C)nc3[C@@H]3CCCN(C(=O)OC(C)(C)C)C3)c2)CC1. The number of amides is 1. The van der Waals surface area contributed by atoms with E-state index in [1.807, 2.05) is 41.5 Å². The lowest BCUT2D eigenvalue weighted by molar-refractivity contribution is 0.0196. The Morgan fingerprint density at radius 1 is 0.949 bits per heavy atom. The van der Waals surface area contributed by atoms with Crippen LogP contribution in [0.15, 0.2) is 30.5 Å². The lowest BCUT2D eigenvalue weighted by atomic mass is 9.90. The molecule has 2 aliphatic rings. The zero-order valence-corrected chi connectivity index (χ0v) is 24.7. The minimum atomic E-state index is -0.635. The van der Waals surface area contributed by atoms with Gasteiger partial charge in [-0.15, -0.1) is 0 Å². The third-order valence-electron chi connectivity index (χ3n) is 7.02. The lowest BCUT2D eigenvalue weighted by Gasteiger charge is -2.34. The van der Waals surface area contributed by atoms with Crippen LogP contribution in [0.4, 0.5) is 9.59 Å². The van der Waals surface area contributed by atoms with Gasteiger partial charge >= 0.3 is 12.2 Å². The molecule has 1 aromatic carbocycles. The Hall–Kier alpha value is -2.91. The molecule has 3 heterocycles. The largest absolute Gasteiger partial charge is 0.444 e. The van der Waals surface area contributed by atoms with Crippen molar-refractivity contribution in [2.24, 2.45) is 0 Å². The molecule has 214 valence electrons. The van der Waals surface area contributed by atoms with Crippen LogP contribution in [0, 0.1) is 0 Å². The van der Waals surface area contributed by atoms with Crippen molar-refractivity contribution in [3.63, 3.8) is 0 Å². The zero-order valence-electron chi connectivity index (χ0n) is 24.7. The Kier molecular flexibility index (Phi) is 8.71. The van der Waals surface area contributed by atoms with Gasteiger partial charge in [-0.2, -0.15) is 9.78 Å². The molecule has 2 aromatic rings. The number of likely N-dealkylation sites (tertiary alicyclic amines) is 1. The number of piperazine rings is 1. The first-order valence-corrected chi connectivity index (χ1v) is 14.1. The fourth-order valence-electron chi connectivity index (χ4n) is 5.11. The minimum Gasteiger partial charge on any atom is -0.444 e. The summed E-state index contributed by atoms with van der Waals surface area (Å²) in [5.74, 6) is -0.0220. The van der Waals surface area contributed by atoms with Crippen LogP contribution in [-0.2, 0) is 16.0 Å². The highest BCUT2D eigenvalue weighted by atomic mass is 16.6. The molecule has 0 unspecified atom stereocenters. The van der Waals surface area contributed by atoms with Crippen molar-refractivity contribution in [1.82, 2.24) is 24.5 Å². The van der Waals surface area contributed by atoms with E-state index in [-0.39, 0.29) is 12.0 Å². The van der Waals surface area contributed by atoms with E-state index in [2.05, 4.69) is 41.1 Å². The first-order chi connectivity index (χ1) is 18.3. The van der Waals surface area contributed by atoms with Crippen molar-refractivity contribution in [3.8, 4) is 11.1 Å². The molecular weight excluding hydrogens is 494 g/mol. The summed E-state index contributed by atoms with van der Waals surface area (Å²) in [6, 6.07) is 8.50. The Labute approximate surface area is 233 Å². The number of hydrogen-bond acceptors (Lipinski definition) is 7. The first-order valence-electron chi connectivity index (χ1n) is 14.1. The fraction of sp³-hybridized carbons (Fsp3) is 0.633. The molecule has 0 aliphatic carbocycles. The maximum atomic E-state index is 13.0. The van der Waals surface area contributed by atoms with Gasteiger partial charge in [0, 0.05) is 63.5 Å². The summed E-state index contributed by atoms with van der Waals surface area (Å²) >= 11 is 0. The first kappa shape index (κ1) is 29.1. The number of likely N-dealkylation sites (N-methyl/N-ethyl adjacent to an activating group) is 1. The molecule has 0 bridgehead atoms. The highest BCUT2D eigenvalue weighted by Crippen LogP contribution is 2.35. The molecule has 0 saturated carbocycles. The smallest absolute Gasteiger partial charge is 0.435 e. The molecule has 0 N–H and O–H groups in total. The van der Waals surface area contributed by atoms with Gasteiger partial charge in [0.2, 0.25) is 0 Å². The predicted molar refractivity (Wildman–Crippen MR) is 152 cm³/mol. The van der Waals surface area contributed by atoms with Gasteiger partial charge in [-0.25, -0.2) is 9.59 Å². The van der Waals surface area contributed by atoms with Gasteiger partial charge in [0.1, 0.15) is 11.2 Å². The summed E-state index contributed by atoms with van der Waals surface area (Å²) in [4.78, 5) is 32.5. The molecule has 4 rings (SSSR count). The second-order valence-corrected chi connectivity index (χ2v) is 12.9. The molecule has 9 nitrogen and oxygen atoms in total. The monoisotopic (exact) mass is 539 g/mol. The molecule has 0 spiro atoms. The highest BCUT2D eigenvalue weighted by molar-refractivity contribution is 5.75. The number of hydrogen-bond donors (Lipinski definition) is 0. The molecular formula is C30H45N5O4. The zero-order chi connectivity index (χ0) is 28.4. The topological polar surface area (TPSA) is 80.1 Å². The molecule has 1 atom stereocenters. The summed E-state index contributed by atoms with van der Waals surface area (Å²) in [6.07, 6.45) is 2.67. The van der Waals surface area contributed by atoms with E-state index in [0.717, 1.165) is 62.4 Å². The number of rotatable bonds is 4. The van der Waals surface area contributed by atoms with E-state index in [4.69, 9.17) is 14.6 Å². The molecule has 2 fully saturated rings. The normalized spacial score (nSPS) is 19.7. The number of nitrogens with zero attached hydrogens (tertiary/aromatic N) is 5. The van der Waals surface area contributed by atoms with Gasteiger partial charge in [-0.05, 0) is 78.6 Å². The van der Waals surface area contributed by atoms with E-state index in [0.29, 0.717) is 13.1 Å². The number of aromatic nitrogens is 2. The van der Waals surface area contributed by atoms with Crippen molar-refractivity contribution in [1.29, 1.82) is 0 Å². The summed E-state index contributed by atoms with van der Waals surface area (Å²) in [5.41, 5.74) is 2.76. The number of carbonyl (C=O) groups is 2. The Balaban J connectivity index is 1.63. The second kappa shape index (κ2) is 11.7. The van der Waals surface area contributed by atoms with E-state index in [9.17, 15) is 9.59 Å². The van der Waals surface area contributed by atoms with Crippen molar-refractivity contribution in [3.05, 3.63) is 41.7 Å². The van der Waals surface area contributed by atoms with Crippen LogP contribution in [0.25, 0.3) is 11.1 Å². The van der Waals surface area contributed by atoms with Gasteiger partial charge < -0.3 is 19.3 Å². The molecule has 0 radical (unpaired) electrons. The van der Waals surface area contributed by atoms with Crippen LogP contribution < -0.4 is 0 Å². The number of ether oxygens (including phenoxy) is 2. The number of carbonyl (C=O) groups excluding carboxylic acids is 2. The van der Waals surface area contributed by atoms with Crippen LogP contribution in [-0.4, -0.2) is 94.2 Å². The molecule has 1 amide bonds. The van der Waals surface area contributed by atoms with E-state index in [1.165, 1.54) is 10.2 Å². The van der Waals surface area contributed by atoms with Crippen LogP contribution in [0.1, 0.15) is 71.6 Å². The van der Waals surface area contributed by atoms with Crippen molar-refractivity contribution in [2.45, 2.75) is 78.0 Å². The maximum absolute atomic E-state index is 13.0. The third-order valence-corrected chi connectivity index (χ3v) is 7.02. The van der Waals surface area contributed by atoms with Crippen LogP contribution in [0.3, 0.4) is 0 Å². The number of piperidine rings is 1. The second-order valence-electron chi connectivity index (χ2n) is 12.9. The van der Waals surface area contributed by atoms with Crippen molar-refractivity contribution < 1.29 is 19.1 Å². The summed E-state index contributed by atoms with van der Waals surface area (Å²) < 4.78 is 12.6. The van der Waals surface area contributed by atoms with E-state index >= 15 is 0 Å². The van der Waals surface area contributed by atoms with Crippen molar-refractivity contribution >= 4 is 12.2 Å². The van der Waals surface area contributed by atoms with Gasteiger partial charge in [0.05, 0.1) is 5.69 Å². The van der Waals surface area contributed by atoms with Gasteiger partial charge in [0.15, 0.2) is 0 Å².